The minimum absolute atomic E-state index is 0.316. The van der Waals surface area contributed by atoms with Crippen LogP contribution in [0.2, 0.25) is 0 Å². The molecular weight excluding hydrogens is 404 g/mol. The van der Waals surface area contributed by atoms with E-state index >= 15 is 0 Å². The Kier molecular flexibility index (Phi) is 5.35. The van der Waals surface area contributed by atoms with Crippen molar-refractivity contribution < 1.29 is 18.9 Å². The molecule has 0 spiro atoms. The Balaban J connectivity index is 1.21. The highest BCUT2D eigenvalue weighted by atomic mass is 16.7. The molecule has 0 saturated carbocycles. The summed E-state index contributed by atoms with van der Waals surface area (Å²) >= 11 is 0. The van der Waals surface area contributed by atoms with Gasteiger partial charge in [-0.2, -0.15) is 0 Å². The molecule has 5 aliphatic heterocycles. The second kappa shape index (κ2) is 8.49. The van der Waals surface area contributed by atoms with Crippen LogP contribution in [0.25, 0.3) is 0 Å². The zero-order valence-corrected chi connectivity index (χ0v) is 18.8. The van der Waals surface area contributed by atoms with Gasteiger partial charge in [0, 0.05) is 32.2 Å². The fourth-order valence-corrected chi connectivity index (χ4v) is 5.98. The topological polar surface area (TPSA) is 43.4 Å². The average molecular weight is 437 g/mol. The first-order valence-corrected chi connectivity index (χ1v) is 12.0. The highest BCUT2D eigenvalue weighted by Crippen LogP contribution is 2.39. The first kappa shape index (κ1) is 20.2. The number of ether oxygens (including phenoxy) is 4. The van der Waals surface area contributed by atoms with Crippen LogP contribution in [0.1, 0.15) is 37.3 Å². The van der Waals surface area contributed by atoms with Gasteiger partial charge in [0.2, 0.25) is 13.6 Å². The van der Waals surface area contributed by atoms with Crippen molar-refractivity contribution >= 4 is 0 Å². The maximum Gasteiger partial charge on any atom is 0.231 e. The molecular formula is C26H32N2O4. The van der Waals surface area contributed by atoms with Gasteiger partial charge >= 0.3 is 0 Å². The van der Waals surface area contributed by atoms with Crippen LogP contribution in [0.5, 0.6) is 23.0 Å². The van der Waals surface area contributed by atoms with Crippen LogP contribution in [0.15, 0.2) is 36.4 Å². The molecule has 4 atom stereocenters. The molecule has 2 bridgehead atoms. The lowest BCUT2D eigenvalue weighted by atomic mass is 9.74. The Morgan fingerprint density at radius 2 is 1.50 bits per heavy atom. The number of rotatable bonds is 7. The molecule has 3 fully saturated rings. The number of hydrogen-bond acceptors (Lipinski definition) is 6. The molecule has 0 amide bonds. The van der Waals surface area contributed by atoms with Crippen LogP contribution >= 0.6 is 0 Å². The van der Waals surface area contributed by atoms with Crippen LogP contribution in [-0.4, -0.2) is 49.1 Å². The lowest BCUT2D eigenvalue weighted by Gasteiger charge is -2.51. The molecule has 170 valence electrons. The van der Waals surface area contributed by atoms with Crippen molar-refractivity contribution in [2.75, 3.05) is 33.2 Å². The van der Waals surface area contributed by atoms with E-state index in [1.165, 1.54) is 43.5 Å². The van der Waals surface area contributed by atoms with E-state index in [0.29, 0.717) is 19.6 Å². The fraction of sp³-hybridized carbons (Fsp3) is 0.538. The van der Waals surface area contributed by atoms with Gasteiger partial charge in [0.05, 0.1) is 0 Å². The van der Waals surface area contributed by atoms with E-state index in [1.54, 1.807) is 0 Å². The lowest BCUT2D eigenvalue weighted by molar-refractivity contribution is -0.0161. The van der Waals surface area contributed by atoms with E-state index in [-0.39, 0.29) is 0 Å². The van der Waals surface area contributed by atoms with Crippen molar-refractivity contribution in [3.05, 3.63) is 47.5 Å². The van der Waals surface area contributed by atoms with E-state index in [2.05, 4.69) is 41.0 Å². The average Bonchev–Trinajstić information content (AvgIpc) is 3.48. The van der Waals surface area contributed by atoms with Crippen molar-refractivity contribution in [1.82, 2.24) is 9.80 Å². The Morgan fingerprint density at radius 3 is 2.06 bits per heavy atom. The minimum atomic E-state index is 0.316. The molecule has 6 nitrogen and oxygen atoms in total. The normalized spacial score (nSPS) is 27.3. The SMILES string of the molecule is CC[C@H]1CN2CC[C@H]1C[C@@H]2CN(Cc1ccc2c(c1)OCO2)Cc1ccc2c(c1)OCO2. The molecule has 5 aliphatic rings. The van der Waals surface area contributed by atoms with Gasteiger partial charge in [0.1, 0.15) is 0 Å². The summed E-state index contributed by atoms with van der Waals surface area (Å²) in [6.07, 6.45) is 4.02. The van der Waals surface area contributed by atoms with E-state index in [9.17, 15) is 0 Å². The van der Waals surface area contributed by atoms with Gasteiger partial charge in [0.25, 0.3) is 0 Å². The highest BCUT2D eigenvalue weighted by molar-refractivity contribution is 5.45. The number of fused-ring (bicyclic) bond motifs is 5. The summed E-state index contributed by atoms with van der Waals surface area (Å²) in [6.45, 7) is 8.37. The maximum atomic E-state index is 5.62. The van der Waals surface area contributed by atoms with Crippen LogP contribution in [-0.2, 0) is 13.1 Å². The summed E-state index contributed by atoms with van der Waals surface area (Å²) < 4.78 is 22.3. The van der Waals surface area contributed by atoms with E-state index in [4.69, 9.17) is 18.9 Å². The zero-order valence-electron chi connectivity index (χ0n) is 18.8. The Hall–Kier alpha value is -2.44. The molecule has 0 radical (unpaired) electrons. The van der Waals surface area contributed by atoms with Crippen LogP contribution < -0.4 is 18.9 Å². The molecule has 2 aromatic rings. The van der Waals surface area contributed by atoms with Crippen molar-refractivity contribution in [2.45, 2.75) is 45.3 Å². The first-order chi connectivity index (χ1) is 15.7. The third-order valence-corrected chi connectivity index (χ3v) is 7.69. The molecule has 2 aromatic carbocycles. The Labute approximate surface area is 190 Å². The van der Waals surface area contributed by atoms with Crippen LogP contribution in [0.3, 0.4) is 0 Å². The summed E-state index contributed by atoms with van der Waals surface area (Å²) in [7, 11) is 0. The molecule has 0 N–H and O–H groups in total. The van der Waals surface area contributed by atoms with Gasteiger partial charge in [0.15, 0.2) is 23.0 Å². The van der Waals surface area contributed by atoms with Gasteiger partial charge in [-0.05, 0) is 66.6 Å². The van der Waals surface area contributed by atoms with Gasteiger partial charge in [-0.3, -0.25) is 9.80 Å². The number of nitrogens with zero attached hydrogens (tertiary/aromatic N) is 2. The molecule has 0 aliphatic carbocycles. The van der Waals surface area contributed by atoms with E-state index in [0.717, 1.165) is 54.5 Å². The maximum absolute atomic E-state index is 5.62. The standard InChI is InChI=1S/C26H32N2O4/c1-2-20-14-28-8-7-21(20)11-22(28)15-27(12-18-3-5-23-25(9-18)31-16-29-23)13-19-4-6-24-26(10-19)32-17-30-24/h3-6,9-10,20-22H,2,7-8,11-17H2,1H3/t20-,21-,22+/m0/s1. The first-order valence-electron chi connectivity index (χ1n) is 12.0. The third kappa shape index (κ3) is 3.90. The van der Waals surface area contributed by atoms with Crippen LogP contribution in [0.4, 0.5) is 0 Å². The molecule has 6 heteroatoms. The molecule has 5 heterocycles. The quantitative estimate of drug-likeness (QED) is 0.646. The molecule has 0 aromatic heterocycles. The second-order valence-electron chi connectivity index (χ2n) is 9.65. The lowest BCUT2D eigenvalue weighted by Crippen LogP contribution is -2.56. The minimum Gasteiger partial charge on any atom is -0.454 e. The predicted molar refractivity (Wildman–Crippen MR) is 121 cm³/mol. The van der Waals surface area contributed by atoms with Gasteiger partial charge in [-0.1, -0.05) is 25.5 Å². The Morgan fingerprint density at radius 1 is 0.875 bits per heavy atom. The summed E-state index contributed by atoms with van der Waals surface area (Å²) in [6, 6.07) is 13.3. The third-order valence-electron chi connectivity index (χ3n) is 7.69. The number of benzene rings is 2. The van der Waals surface area contributed by atoms with E-state index in [1.807, 2.05) is 12.1 Å². The molecule has 1 unspecified atom stereocenters. The smallest absolute Gasteiger partial charge is 0.231 e. The number of piperidine rings is 3. The van der Waals surface area contributed by atoms with Gasteiger partial charge in [-0.25, -0.2) is 0 Å². The van der Waals surface area contributed by atoms with Crippen molar-refractivity contribution in [3.8, 4) is 23.0 Å². The van der Waals surface area contributed by atoms with Gasteiger partial charge in [-0.15, -0.1) is 0 Å². The van der Waals surface area contributed by atoms with Crippen molar-refractivity contribution in [1.29, 1.82) is 0 Å². The molecule has 32 heavy (non-hydrogen) atoms. The largest absolute Gasteiger partial charge is 0.454 e. The second-order valence-corrected chi connectivity index (χ2v) is 9.65. The summed E-state index contributed by atoms with van der Waals surface area (Å²) in [5.41, 5.74) is 2.52. The summed E-state index contributed by atoms with van der Waals surface area (Å²) in [4.78, 5) is 5.34. The molecule has 3 saturated heterocycles. The van der Waals surface area contributed by atoms with Crippen molar-refractivity contribution in [2.24, 2.45) is 11.8 Å². The van der Waals surface area contributed by atoms with Gasteiger partial charge < -0.3 is 18.9 Å². The van der Waals surface area contributed by atoms with Crippen LogP contribution in [0, 0.1) is 11.8 Å². The summed E-state index contributed by atoms with van der Waals surface area (Å²) in [5, 5.41) is 0. The fourth-order valence-electron chi connectivity index (χ4n) is 5.98. The van der Waals surface area contributed by atoms with E-state index < -0.39 is 0 Å². The summed E-state index contributed by atoms with van der Waals surface area (Å²) in [5.74, 6) is 5.19. The number of hydrogen-bond donors (Lipinski definition) is 0. The predicted octanol–water partition coefficient (Wildman–Crippen LogP) is 4.27. The van der Waals surface area contributed by atoms with Crippen molar-refractivity contribution in [3.63, 3.8) is 0 Å². The highest BCUT2D eigenvalue weighted by Gasteiger charge is 2.39. The zero-order chi connectivity index (χ0) is 21.5. The monoisotopic (exact) mass is 436 g/mol. The molecule has 7 rings (SSSR count). The Bertz CT molecular complexity index is 921.